The summed E-state index contributed by atoms with van der Waals surface area (Å²) in [7, 11) is 0. The minimum atomic E-state index is 0.0750. The fraction of sp³-hybridized carbons (Fsp3) is 0.467. The molecule has 2 aromatic rings. The molecule has 1 aromatic heterocycles. The molecule has 0 saturated heterocycles. The van der Waals surface area contributed by atoms with Crippen LogP contribution in [0, 0.1) is 0 Å². The van der Waals surface area contributed by atoms with Gasteiger partial charge in [-0.25, -0.2) is 4.98 Å². The van der Waals surface area contributed by atoms with Crippen LogP contribution in [0.15, 0.2) is 24.5 Å². The second kappa shape index (κ2) is 5.43. The van der Waals surface area contributed by atoms with Crippen LogP contribution in [0.1, 0.15) is 44.1 Å². The molecular formula is C15H21N3O. The van der Waals surface area contributed by atoms with Crippen molar-refractivity contribution in [3.8, 4) is 0 Å². The Balaban J connectivity index is 2.40. The molecule has 1 heterocycles. The van der Waals surface area contributed by atoms with Crippen molar-refractivity contribution >= 4 is 16.9 Å². The molecular weight excluding hydrogens is 238 g/mol. The van der Waals surface area contributed by atoms with Crippen molar-refractivity contribution in [1.82, 2.24) is 14.5 Å². The van der Waals surface area contributed by atoms with Crippen LogP contribution in [0.3, 0.4) is 0 Å². The Morgan fingerprint density at radius 3 is 2.58 bits per heavy atom. The van der Waals surface area contributed by atoms with Crippen LogP contribution in [-0.2, 0) is 0 Å². The molecule has 0 unspecified atom stereocenters. The Hall–Kier alpha value is -1.84. The summed E-state index contributed by atoms with van der Waals surface area (Å²) >= 11 is 0. The van der Waals surface area contributed by atoms with E-state index in [9.17, 15) is 4.79 Å². The van der Waals surface area contributed by atoms with Crippen LogP contribution in [0.5, 0.6) is 0 Å². The smallest absolute Gasteiger partial charge is 0.253 e. The van der Waals surface area contributed by atoms with Gasteiger partial charge in [0.1, 0.15) is 0 Å². The van der Waals surface area contributed by atoms with Crippen molar-refractivity contribution in [2.24, 2.45) is 0 Å². The van der Waals surface area contributed by atoms with Crippen LogP contribution in [0.25, 0.3) is 11.0 Å². The lowest BCUT2D eigenvalue weighted by Gasteiger charge is -2.18. The number of benzene rings is 1. The molecule has 0 bridgehead atoms. The van der Waals surface area contributed by atoms with Gasteiger partial charge in [0.05, 0.1) is 17.4 Å². The van der Waals surface area contributed by atoms with E-state index in [-0.39, 0.29) is 5.91 Å². The summed E-state index contributed by atoms with van der Waals surface area (Å²) in [6, 6.07) is 6.13. The predicted molar refractivity (Wildman–Crippen MR) is 77.4 cm³/mol. The molecule has 0 spiro atoms. The number of carbonyl (C=O) groups excluding carboxylic acids is 1. The van der Waals surface area contributed by atoms with Crippen LogP contribution in [-0.4, -0.2) is 33.4 Å². The average molecular weight is 259 g/mol. The Morgan fingerprint density at radius 1 is 1.32 bits per heavy atom. The maximum atomic E-state index is 12.3. The Kier molecular flexibility index (Phi) is 3.88. The Morgan fingerprint density at radius 2 is 2.00 bits per heavy atom. The fourth-order valence-corrected chi connectivity index (χ4v) is 2.27. The zero-order chi connectivity index (χ0) is 14.0. The van der Waals surface area contributed by atoms with Crippen molar-refractivity contribution in [1.29, 1.82) is 0 Å². The highest BCUT2D eigenvalue weighted by Crippen LogP contribution is 2.19. The fourth-order valence-electron chi connectivity index (χ4n) is 2.27. The van der Waals surface area contributed by atoms with E-state index in [0.717, 1.165) is 24.1 Å². The number of hydrogen-bond donors (Lipinski definition) is 0. The first-order valence-electron chi connectivity index (χ1n) is 6.84. The Labute approximate surface area is 114 Å². The van der Waals surface area contributed by atoms with E-state index >= 15 is 0 Å². The Bertz CT molecular complexity index is 582. The normalized spacial score (nSPS) is 11.2. The molecule has 1 aromatic carbocycles. The molecule has 0 aliphatic rings. The van der Waals surface area contributed by atoms with Gasteiger partial charge in [0.25, 0.3) is 5.91 Å². The van der Waals surface area contributed by atoms with Crippen molar-refractivity contribution in [3.05, 3.63) is 30.1 Å². The van der Waals surface area contributed by atoms with E-state index in [4.69, 9.17) is 0 Å². The molecule has 0 atom stereocenters. The highest BCUT2D eigenvalue weighted by Gasteiger charge is 2.14. The predicted octanol–water partition coefficient (Wildman–Crippen LogP) is 3.10. The molecule has 0 N–H and O–H groups in total. The van der Waals surface area contributed by atoms with Gasteiger partial charge in [-0.1, -0.05) is 0 Å². The minimum Gasteiger partial charge on any atom is -0.339 e. The van der Waals surface area contributed by atoms with E-state index in [1.165, 1.54) is 0 Å². The molecule has 4 nitrogen and oxygen atoms in total. The third-order valence-electron chi connectivity index (χ3n) is 3.43. The number of hydrogen-bond acceptors (Lipinski definition) is 2. The number of imidazole rings is 1. The number of rotatable bonds is 4. The molecule has 1 amide bonds. The summed E-state index contributed by atoms with van der Waals surface area (Å²) in [5, 5.41) is 0. The molecule has 0 fully saturated rings. The van der Waals surface area contributed by atoms with Gasteiger partial charge in [-0.2, -0.15) is 0 Å². The molecule has 0 aliphatic heterocycles. The quantitative estimate of drug-likeness (QED) is 0.846. The standard InChI is InChI=1S/C15H21N3O/c1-5-17(6-2)15(19)12-7-8-14-13(9-12)16-10-18(14)11(3)4/h7-11H,5-6H2,1-4H3. The molecule has 4 heteroatoms. The first-order chi connectivity index (χ1) is 9.08. The van der Waals surface area contributed by atoms with Crippen LogP contribution in [0.4, 0.5) is 0 Å². The van der Waals surface area contributed by atoms with Gasteiger partial charge >= 0.3 is 0 Å². The van der Waals surface area contributed by atoms with Crippen LogP contribution >= 0.6 is 0 Å². The highest BCUT2D eigenvalue weighted by atomic mass is 16.2. The third kappa shape index (κ3) is 2.48. The van der Waals surface area contributed by atoms with Gasteiger partial charge in [0, 0.05) is 24.7 Å². The summed E-state index contributed by atoms with van der Waals surface area (Å²) in [5.74, 6) is 0.0750. The van der Waals surface area contributed by atoms with E-state index in [2.05, 4.69) is 23.4 Å². The first kappa shape index (κ1) is 13.6. The molecule has 2 rings (SSSR count). The summed E-state index contributed by atoms with van der Waals surface area (Å²) in [5.41, 5.74) is 2.67. The monoisotopic (exact) mass is 259 g/mol. The average Bonchev–Trinajstić information content (AvgIpc) is 2.82. The third-order valence-corrected chi connectivity index (χ3v) is 3.43. The SMILES string of the molecule is CCN(CC)C(=O)c1ccc2c(c1)ncn2C(C)C. The van der Waals surface area contributed by atoms with E-state index in [1.54, 1.807) is 0 Å². The van der Waals surface area contributed by atoms with E-state index in [1.807, 2.05) is 43.3 Å². The number of aromatic nitrogens is 2. The van der Waals surface area contributed by atoms with Crippen LogP contribution in [0.2, 0.25) is 0 Å². The lowest BCUT2D eigenvalue weighted by Crippen LogP contribution is -2.30. The summed E-state index contributed by atoms with van der Waals surface area (Å²) in [4.78, 5) is 18.5. The molecule has 19 heavy (non-hydrogen) atoms. The first-order valence-corrected chi connectivity index (χ1v) is 6.84. The van der Waals surface area contributed by atoms with Crippen molar-refractivity contribution in [3.63, 3.8) is 0 Å². The molecule has 0 saturated carbocycles. The van der Waals surface area contributed by atoms with Crippen LogP contribution < -0.4 is 0 Å². The van der Waals surface area contributed by atoms with Gasteiger partial charge in [0.15, 0.2) is 0 Å². The van der Waals surface area contributed by atoms with Gasteiger partial charge in [-0.3, -0.25) is 4.79 Å². The maximum Gasteiger partial charge on any atom is 0.253 e. The number of nitrogens with zero attached hydrogens (tertiary/aromatic N) is 3. The van der Waals surface area contributed by atoms with Crippen molar-refractivity contribution in [2.75, 3.05) is 13.1 Å². The van der Waals surface area contributed by atoms with Crippen molar-refractivity contribution < 1.29 is 4.79 Å². The summed E-state index contributed by atoms with van der Waals surface area (Å²) < 4.78 is 2.11. The topological polar surface area (TPSA) is 38.1 Å². The van der Waals surface area contributed by atoms with Gasteiger partial charge in [0.2, 0.25) is 0 Å². The largest absolute Gasteiger partial charge is 0.339 e. The zero-order valence-corrected chi connectivity index (χ0v) is 12.1. The summed E-state index contributed by atoms with van der Waals surface area (Å²) in [6.07, 6.45) is 1.83. The molecule has 0 aliphatic carbocycles. The highest BCUT2D eigenvalue weighted by molar-refractivity contribution is 5.97. The second-order valence-corrected chi connectivity index (χ2v) is 4.93. The van der Waals surface area contributed by atoms with Gasteiger partial charge in [-0.05, 0) is 45.9 Å². The lowest BCUT2D eigenvalue weighted by atomic mass is 10.1. The second-order valence-electron chi connectivity index (χ2n) is 4.93. The number of amides is 1. The maximum absolute atomic E-state index is 12.3. The molecule has 102 valence electrons. The van der Waals surface area contributed by atoms with E-state index < -0.39 is 0 Å². The zero-order valence-electron chi connectivity index (χ0n) is 12.1. The summed E-state index contributed by atoms with van der Waals surface area (Å²) in [6.45, 7) is 9.69. The van der Waals surface area contributed by atoms with Gasteiger partial charge < -0.3 is 9.47 Å². The van der Waals surface area contributed by atoms with Gasteiger partial charge in [-0.15, -0.1) is 0 Å². The lowest BCUT2D eigenvalue weighted by molar-refractivity contribution is 0.0773. The number of fused-ring (bicyclic) bond motifs is 1. The minimum absolute atomic E-state index is 0.0750. The number of carbonyl (C=O) groups is 1. The van der Waals surface area contributed by atoms with E-state index in [0.29, 0.717) is 11.6 Å². The molecule has 0 radical (unpaired) electrons. The van der Waals surface area contributed by atoms with Crippen molar-refractivity contribution in [2.45, 2.75) is 33.7 Å².